The molecule has 0 fully saturated rings. The van der Waals surface area contributed by atoms with Crippen LogP contribution in [0.3, 0.4) is 0 Å². The number of nitrogens with zero attached hydrogens (tertiary/aromatic N) is 2. The second-order valence-corrected chi connectivity index (χ2v) is 15.8. The maximum absolute atomic E-state index is 6.89. The number of hydrogen-bond acceptors (Lipinski definition) is 3. The van der Waals surface area contributed by atoms with Crippen molar-refractivity contribution < 1.29 is 4.42 Å². The maximum atomic E-state index is 6.89. The fraction of sp³-hybridized carbons (Fsp3) is 0.0357. The molecule has 2 heterocycles. The van der Waals surface area contributed by atoms with Gasteiger partial charge in [0.1, 0.15) is 11.2 Å². The topological polar surface area (TPSA) is 38.9 Å². The normalized spacial score (nSPS) is 14.6. The summed E-state index contributed by atoms with van der Waals surface area (Å²) in [7, 11) is 0. The smallest absolute Gasteiger partial charge is 0.160 e. The molecule has 1 aliphatic rings. The first-order chi connectivity index (χ1) is 29.1. The van der Waals surface area contributed by atoms with Crippen molar-refractivity contribution in [1.29, 1.82) is 0 Å². The van der Waals surface area contributed by atoms with Crippen LogP contribution in [-0.4, -0.2) is 9.97 Å². The molecule has 59 heavy (non-hydrogen) atoms. The molecule has 0 amide bonds. The predicted octanol–water partition coefficient (Wildman–Crippen LogP) is 14.7. The number of fused-ring (bicyclic) bond motifs is 10. The molecule has 0 N–H and O–H groups in total. The number of hydrogen-bond donors (Lipinski definition) is 0. The van der Waals surface area contributed by atoms with Gasteiger partial charge < -0.3 is 4.42 Å². The molecular weight excluding hydrogens is 717 g/mol. The van der Waals surface area contributed by atoms with E-state index in [1.807, 2.05) is 18.2 Å². The highest BCUT2D eigenvalue weighted by molar-refractivity contribution is 6.21. The first-order valence-electron chi connectivity index (χ1n) is 20.2. The summed E-state index contributed by atoms with van der Waals surface area (Å²) in [6.45, 7) is 2.36. The van der Waals surface area contributed by atoms with E-state index in [0.29, 0.717) is 5.82 Å². The summed E-state index contributed by atoms with van der Waals surface area (Å²) in [5.41, 5.74) is 14.8. The van der Waals surface area contributed by atoms with E-state index in [-0.39, 0.29) is 5.41 Å². The van der Waals surface area contributed by atoms with Crippen LogP contribution in [0.2, 0.25) is 0 Å². The van der Waals surface area contributed by atoms with Gasteiger partial charge >= 0.3 is 0 Å². The van der Waals surface area contributed by atoms with Crippen molar-refractivity contribution in [2.24, 2.45) is 0 Å². The second kappa shape index (κ2) is 13.0. The molecule has 3 heteroatoms. The third-order valence-corrected chi connectivity index (χ3v) is 12.6. The fourth-order valence-corrected chi connectivity index (χ4v) is 9.70. The Morgan fingerprint density at radius 1 is 0.390 bits per heavy atom. The van der Waals surface area contributed by atoms with E-state index in [0.717, 1.165) is 66.5 Å². The molecule has 11 aromatic rings. The average molecular weight is 753 g/mol. The molecule has 3 nitrogen and oxygen atoms in total. The summed E-state index contributed by atoms with van der Waals surface area (Å²) in [6.07, 6.45) is 0. The van der Waals surface area contributed by atoms with Crippen molar-refractivity contribution >= 4 is 43.5 Å². The van der Waals surface area contributed by atoms with E-state index in [9.17, 15) is 0 Å². The van der Waals surface area contributed by atoms with Crippen LogP contribution >= 0.6 is 0 Å². The standard InChI is InChI=1S/C56H36N2O/c1-56(39-20-6-3-7-21-39)48-27-11-10-23-46(48)52-47(26-14-28-49(52)56)51-34-50(57-55(58-51)36-16-4-2-5-17-36)38-19-12-18-37(33-38)41-24-13-25-43-45-32-31-42-40-22-9-8-15-35(40)29-30-44(42)54(45)59-53(41)43/h2-34H,1H3. The van der Waals surface area contributed by atoms with Crippen LogP contribution in [0.5, 0.6) is 0 Å². The second-order valence-electron chi connectivity index (χ2n) is 15.8. The molecule has 276 valence electrons. The Balaban J connectivity index is 1.04. The average Bonchev–Trinajstić information content (AvgIpc) is 3.83. The molecule has 9 aromatic carbocycles. The lowest BCUT2D eigenvalue weighted by molar-refractivity contribution is 0.674. The molecule has 0 saturated heterocycles. The molecule has 1 aliphatic carbocycles. The Bertz CT molecular complexity index is 3460. The molecular formula is C56H36N2O. The highest BCUT2D eigenvalue weighted by Crippen LogP contribution is 2.55. The summed E-state index contributed by atoms with van der Waals surface area (Å²) in [6, 6.07) is 71.4. The number of rotatable bonds is 5. The van der Waals surface area contributed by atoms with Gasteiger partial charge in [0.25, 0.3) is 0 Å². The van der Waals surface area contributed by atoms with Crippen LogP contribution < -0.4 is 0 Å². The van der Waals surface area contributed by atoms with E-state index in [1.165, 1.54) is 44.0 Å². The third-order valence-electron chi connectivity index (χ3n) is 12.6. The molecule has 0 spiro atoms. The predicted molar refractivity (Wildman–Crippen MR) is 243 cm³/mol. The number of para-hydroxylation sites is 1. The zero-order valence-electron chi connectivity index (χ0n) is 32.4. The van der Waals surface area contributed by atoms with Crippen molar-refractivity contribution in [3.63, 3.8) is 0 Å². The zero-order valence-corrected chi connectivity index (χ0v) is 32.4. The molecule has 12 rings (SSSR count). The Kier molecular flexibility index (Phi) is 7.36. The fourth-order valence-electron chi connectivity index (χ4n) is 9.70. The number of benzene rings is 9. The molecule has 0 radical (unpaired) electrons. The van der Waals surface area contributed by atoms with Gasteiger partial charge in [-0.1, -0.05) is 176 Å². The minimum absolute atomic E-state index is 0.312. The van der Waals surface area contributed by atoms with Crippen LogP contribution in [-0.2, 0) is 5.41 Å². The summed E-state index contributed by atoms with van der Waals surface area (Å²) >= 11 is 0. The molecule has 0 aliphatic heterocycles. The lowest BCUT2D eigenvalue weighted by atomic mass is 9.74. The van der Waals surface area contributed by atoms with Gasteiger partial charge in [0.05, 0.1) is 11.4 Å². The Morgan fingerprint density at radius 3 is 1.88 bits per heavy atom. The van der Waals surface area contributed by atoms with E-state index < -0.39 is 0 Å². The van der Waals surface area contributed by atoms with E-state index in [1.54, 1.807) is 0 Å². The highest BCUT2D eigenvalue weighted by Gasteiger charge is 2.41. The molecule has 0 saturated carbocycles. The van der Waals surface area contributed by atoms with Crippen LogP contribution in [0.15, 0.2) is 205 Å². The van der Waals surface area contributed by atoms with Gasteiger partial charge in [-0.15, -0.1) is 0 Å². The third kappa shape index (κ3) is 5.08. The van der Waals surface area contributed by atoms with Crippen LogP contribution in [0.4, 0.5) is 0 Å². The van der Waals surface area contributed by atoms with E-state index in [4.69, 9.17) is 14.4 Å². The van der Waals surface area contributed by atoms with Crippen molar-refractivity contribution in [2.45, 2.75) is 12.3 Å². The quantitative estimate of drug-likeness (QED) is 0.164. The van der Waals surface area contributed by atoms with Crippen molar-refractivity contribution in [3.8, 4) is 56.2 Å². The maximum Gasteiger partial charge on any atom is 0.160 e. The van der Waals surface area contributed by atoms with Crippen molar-refractivity contribution in [3.05, 3.63) is 217 Å². The van der Waals surface area contributed by atoms with Gasteiger partial charge in [-0.05, 0) is 80.7 Å². The van der Waals surface area contributed by atoms with Gasteiger partial charge in [-0.2, -0.15) is 0 Å². The van der Waals surface area contributed by atoms with Crippen LogP contribution in [0.25, 0.3) is 99.6 Å². The molecule has 1 atom stereocenters. The molecule has 2 aromatic heterocycles. The monoisotopic (exact) mass is 752 g/mol. The van der Waals surface area contributed by atoms with Crippen LogP contribution in [0, 0.1) is 0 Å². The first kappa shape index (κ1) is 33.5. The van der Waals surface area contributed by atoms with Crippen LogP contribution in [0.1, 0.15) is 23.6 Å². The highest BCUT2D eigenvalue weighted by atomic mass is 16.3. The lowest BCUT2D eigenvalue weighted by Gasteiger charge is -2.28. The number of aromatic nitrogens is 2. The summed E-state index contributed by atoms with van der Waals surface area (Å²) in [4.78, 5) is 10.6. The SMILES string of the molecule is CC1(c2ccccc2)c2ccccc2-c2c(-c3cc(-c4cccc(-c5cccc6c5oc5c6ccc6c7ccccc7ccc65)c4)nc(-c4ccccc4)n3)cccc21. The van der Waals surface area contributed by atoms with E-state index >= 15 is 0 Å². The molecule has 0 bridgehead atoms. The minimum atomic E-state index is -0.312. The van der Waals surface area contributed by atoms with Gasteiger partial charge in [-0.25, -0.2) is 9.97 Å². The summed E-state index contributed by atoms with van der Waals surface area (Å²) in [5.74, 6) is 0.692. The summed E-state index contributed by atoms with van der Waals surface area (Å²) < 4.78 is 6.89. The Hall–Kier alpha value is -7.62. The van der Waals surface area contributed by atoms with Gasteiger partial charge in [-0.3, -0.25) is 0 Å². The van der Waals surface area contributed by atoms with Crippen molar-refractivity contribution in [1.82, 2.24) is 9.97 Å². The van der Waals surface area contributed by atoms with Gasteiger partial charge in [0.2, 0.25) is 0 Å². The van der Waals surface area contributed by atoms with E-state index in [2.05, 4.69) is 189 Å². The Morgan fingerprint density at radius 2 is 0.983 bits per heavy atom. The van der Waals surface area contributed by atoms with Gasteiger partial charge in [0, 0.05) is 43.8 Å². The van der Waals surface area contributed by atoms with Gasteiger partial charge in [0.15, 0.2) is 5.82 Å². The zero-order chi connectivity index (χ0) is 39.1. The largest absolute Gasteiger partial charge is 0.455 e. The van der Waals surface area contributed by atoms with Crippen molar-refractivity contribution in [2.75, 3.05) is 0 Å². The minimum Gasteiger partial charge on any atom is -0.455 e. The Labute approximate surface area is 341 Å². The summed E-state index contributed by atoms with van der Waals surface area (Å²) in [5, 5.41) is 7.00. The number of furan rings is 1. The lowest BCUT2D eigenvalue weighted by Crippen LogP contribution is -2.22. The first-order valence-corrected chi connectivity index (χ1v) is 20.2. The molecule has 1 unspecified atom stereocenters.